The molecule has 28 heavy (non-hydrogen) atoms. The molecule has 3 nitrogen and oxygen atoms in total. The van der Waals surface area contributed by atoms with Crippen molar-refractivity contribution in [2.45, 2.75) is 25.6 Å². The zero-order valence-corrected chi connectivity index (χ0v) is 15.5. The summed E-state index contributed by atoms with van der Waals surface area (Å²) in [5.74, 6) is -0.154. The Labute approximate surface area is 163 Å². The van der Waals surface area contributed by atoms with Crippen molar-refractivity contribution in [3.8, 4) is 0 Å². The molecule has 4 rings (SSSR count). The maximum absolute atomic E-state index is 14.4. The van der Waals surface area contributed by atoms with E-state index in [0.717, 1.165) is 5.56 Å². The van der Waals surface area contributed by atoms with Gasteiger partial charge in [0.25, 0.3) is 0 Å². The van der Waals surface area contributed by atoms with E-state index in [-0.39, 0.29) is 11.6 Å². The Morgan fingerprint density at radius 3 is 2.25 bits per heavy atom. The third-order valence-corrected chi connectivity index (χ3v) is 4.88. The second kappa shape index (κ2) is 7.80. The molecular formula is C23H21F2N3. The van der Waals surface area contributed by atoms with Crippen molar-refractivity contribution in [1.29, 1.82) is 0 Å². The van der Waals surface area contributed by atoms with Crippen molar-refractivity contribution >= 4 is 5.96 Å². The van der Waals surface area contributed by atoms with Crippen LogP contribution in [0.25, 0.3) is 0 Å². The topological polar surface area (TPSA) is 36.4 Å². The Kier molecular flexibility index (Phi) is 5.06. The molecule has 142 valence electrons. The molecule has 5 heteroatoms. The molecule has 2 atom stereocenters. The van der Waals surface area contributed by atoms with Gasteiger partial charge in [-0.05, 0) is 24.6 Å². The fourth-order valence-corrected chi connectivity index (χ4v) is 3.52. The van der Waals surface area contributed by atoms with Gasteiger partial charge in [-0.25, -0.2) is 13.8 Å². The summed E-state index contributed by atoms with van der Waals surface area (Å²) in [5.41, 5.74) is 3.19. The van der Waals surface area contributed by atoms with Crippen molar-refractivity contribution in [2.75, 3.05) is 0 Å². The van der Waals surface area contributed by atoms with Gasteiger partial charge in [0.05, 0.1) is 6.04 Å². The van der Waals surface area contributed by atoms with Gasteiger partial charge in [-0.1, -0.05) is 66.2 Å². The molecule has 0 unspecified atom stereocenters. The summed E-state index contributed by atoms with van der Waals surface area (Å²) in [4.78, 5) is 4.64. The highest BCUT2D eigenvalue weighted by atomic mass is 19.1. The summed E-state index contributed by atoms with van der Waals surface area (Å²) in [6, 6.07) is 20.2. The number of aliphatic imine (C=N–C) groups is 1. The molecule has 1 aliphatic heterocycles. The first-order valence-electron chi connectivity index (χ1n) is 9.24. The van der Waals surface area contributed by atoms with Crippen LogP contribution >= 0.6 is 0 Å². The molecule has 3 aromatic rings. The third-order valence-electron chi connectivity index (χ3n) is 4.88. The number of benzene rings is 3. The molecule has 1 aliphatic rings. The molecule has 0 bridgehead atoms. The molecule has 0 radical (unpaired) electrons. The van der Waals surface area contributed by atoms with Crippen LogP contribution in [-0.4, -0.2) is 5.96 Å². The van der Waals surface area contributed by atoms with Crippen LogP contribution in [0.4, 0.5) is 8.78 Å². The van der Waals surface area contributed by atoms with E-state index in [0.29, 0.717) is 23.6 Å². The quantitative estimate of drug-likeness (QED) is 0.685. The minimum Gasteiger partial charge on any atom is -0.352 e. The Morgan fingerprint density at radius 2 is 1.57 bits per heavy atom. The fourth-order valence-electron chi connectivity index (χ4n) is 3.52. The number of nitrogens with one attached hydrogen (secondary N) is 2. The van der Waals surface area contributed by atoms with Gasteiger partial charge < -0.3 is 10.6 Å². The number of hydrogen-bond donors (Lipinski definition) is 2. The Balaban J connectivity index is 1.62. The normalized spacial score (nSPS) is 18.5. The molecule has 0 aromatic heterocycles. The first kappa shape index (κ1) is 18.2. The summed E-state index contributed by atoms with van der Waals surface area (Å²) in [7, 11) is 0. The van der Waals surface area contributed by atoms with Crippen molar-refractivity contribution in [3.05, 3.63) is 107 Å². The van der Waals surface area contributed by atoms with E-state index < -0.39 is 12.1 Å². The molecule has 0 saturated carbocycles. The van der Waals surface area contributed by atoms with Gasteiger partial charge in [-0.15, -0.1) is 0 Å². The largest absolute Gasteiger partial charge is 0.352 e. The zero-order chi connectivity index (χ0) is 19.5. The lowest BCUT2D eigenvalue weighted by molar-refractivity contribution is 0.501. The molecule has 0 aliphatic carbocycles. The van der Waals surface area contributed by atoms with Crippen molar-refractivity contribution in [2.24, 2.45) is 4.99 Å². The second-order valence-electron chi connectivity index (χ2n) is 6.93. The van der Waals surface area contributed by atoms with Crippen LogP contribution in [0, 0.1) is 18.6 Å². The van der Waals surface area contributed by atoms with Gasteiger partial charge in [0.15, 0.2) is 5.96 Å². The van der Waals surface area contributed by atoms with E-state index in [1.807, 2.05) is 25.1 Å². The van der Waals surface area contributed by atoms with E-state index in [9.17, 15) is 8.78 Å². The number of nitrogens with zero attached hydrogens (tertiary/aromatic N) is 1. The monoisotopic (exact) mass is 377 g/mol. The van der Waals surface area contributed by atoms with Crippen molar-refractivity contribution in [1.82, 2.24) is 10.6 Å². The smallest absolute Gasteiger partial charge is 0.192 e. The number of halogens is 2. The number of hydrogen-bond acceptors (Lipinski definition) is 3. The highest BCUT2D eigenvalue weighted by Crippen LogP contribution is 2.37. The van der Waals surface area contributed by atoms with Gasteiger partial charge in [0.1, 0.15) is 17.7 Å². The second-order valence-corrected chi connectivity index (χ2v) is 6.93. The third kappa shape index (κ3) is 3.74. The van der Waals surface area contributed by atoms with Crippen molar-refractivity contribution < 1.29 is 8.78 Å². The standard InChI is InChI=1S/C23H21F2N3/c1-15-7-6-8-16(13-15)14-26-23-27-21(17-9-2-4-11-19(17)24)22(28-23)18-10-3-5-12-20(18)25/h2-13,21-22H,14H2,1H3,(H2,26,27,28)/t21-,22+. The lowest BCUT2D eigenvalue weighted by Gasteiger charge is -2.20. The molecule has 0 fully saturated rings. The Bertz CT molecular complexity index is 1020. The van der Waals surface area contributed by atoms with Crippen LogP contribution in [0.5, 0.6) is 0 Å². The summed E-state index contributed by atoms with van der Waals surface area (Å²) in [6.45, 7) is 2.61. The van der Waals surface area contributed by atoms with E-state index in [4.69, 9.17) is 0 Å². The van der Waals surface area contributed by atoms with E-state index in [2.05, 4.69) is 21.7 Å². The van der Waals surface area contributed by atoms with E-state index in [1.54, 1.807) is 36.4 Å². The first-order valence-corrected chi connectivity index (χ1v) is 9.24. The summed E-state index contributed by atoms with van der Waals surface area (Å²) >= 11 is 0. The number of rotatable bonds is 4. The van der Waals surface area contributed by atoms with Gasteiger partial charge in [0.2, 0.25) is 0 Å². The first-order chi connectivity index (χ1) is 13.6. The highest BCUT2D eigenvalue weighted by Gasteiger charge is 2.34. The van der Waals surface area contributed by atoms with Crippen LogP contribution in [0.15, 0.2) is 77.8 Å². The minimum atomic E-state index is -0.557. The molecule has 0 saturated heterocycles. The predicted octanol–water partition coefficient (Wildman–Crippen LogP) is 4.80. The minimum absolute atomic E-state index is 0.337. The Hall–Kier alpha value is -3.21. The average Bonchev–Trinajstić information content (AvgIpc) is 3.11. The highest BCUT2D eigenvalue weighted by molar-refractivity contribution is 5.82. The van der Waals surface area contributed by atoms with Crippen LogP contribution in [0.3, 0.4) is 0 Å². The van der Waals surface area contributed by atoms with Crippen LogP contribution in [0.2, 0.25) is 0 Å². The molecule has 1 heterocycles. The van der Waals surface area contributed by atoms with Gasteiger partial charge in [-0.2, -0.15) is 0 Å². The number of guanidine groups is 1. The summed E-state index contributed by atoms with van der Waals surface area (Å²) in [6.07, 6.45) is 0. The average molecular weight is 377 g/mol. The van der Waals surface area contributed by atoms with Crippen LogP contribution in [0.1, 0.15) is 34.3 Å². The predicted molar refractivity (Wildman–Crippen MR) is 107 cm³/mol. The lowest BCUT2D eigenvalue weighted by Crippen LogP contribution is -2.35. The van der Waals surface area contributed by atoms with Gasteiger partial charge in [0, 0.05) is 17.7 Å². The molecule has 2 N–H and O–H groups in total. The zero-order valence-electron chi connectivity index (χ0n) is 15.5. The van der Waals surface area contributed by atoms with Crippen LogP contribution in [-0.2, 0) is 6.54 Å². The summed E-state index contributed by atoms with van der Waals surface area (Å²) in [5, 5.41) is 6.50. The molecular weight excluding hydrogens is 356 g/mol. The van der Waals surface area contributed by atoms with Crippen LogP contribution < -0.4 is 10.6 Å². The van der Waals surface area contributed by atoms with E-state index in [1.165, 1.54) is 17.7 Å². The molecule has 3 aromatic carbocycles. The summed E-state index contributed by atoms with van der Waals surface area (Å²) < 4.78 is 28.9. The van der Waals surface area contributed by atoms with Gasteiger partial charge >= 0.3 is 0 Å². The Morgan fingerprint density at radius 1 is 0.893 bits per heavy atom. The molecule has 0 spiro atoms. The van der Waals surface area contributed by atoms with Crippen molar-refractivity contribution in [3.63, 3.8) is 0 Å². The van der Waals surface area contributed by atoms with Gasteiger partial charge in [-0.3, -0.25) is 0 Å². The number of aryl methyl sites for hydroxylation is 1. The lowest BCUT2D eigenvalue weighted by atomic mass is 9.94. The maximum atomic E-state index is 14.4. The maximum Gasteiger partial charge on any atom is 0.192 e. The molecule has 0 amide bonds. The fraction of sp³-hybridized carbons (Fsp3) is 0.174. The SMILES string of the molecule is Cc1cccc(CNC2=N[C@@H](c3ccccc3F)[C@@H](c3ccccc3F)N2)c1. The van der Waals surface area contributed by atoms with E-state index >= 15 is 0 Å².